The first-order valence-corrected chi connectivity index (χ1v) is 12.7. The number of rotatable bonds is 15. The van der Waals surface area contributed by atoms with E-state index in [-0.39, 0.29) is 30.4 Å². The van der Waals surface area contributed by atoms with E-state index in [1.165, 1.54) is 50.7 Å². The first kappa shape index (κ1) is 28.1. The highest BCUT2D eigenvalue weighted by molar-refractivity contribution is 6.04. The molecule has 35 heavy (non-hydrogen) atoms. The quantitative estimate of drug-likeness (QED) is 0.0989. The number of nitrogens with two attached hydrogens (primary N) is 1. The lowest BCUT2D eigenvalue weighted by atomic mass is 10.1. The highest BCUT2D eigenvalue weighted by atomic mass is 16.3. The Morgan fingerprint density at radius 3 is 1.97 bits per heavy atom. The van der Waals surface area contributed by atoms with Crippen LogP contribution in [0.1, 0.15) is 93.5 Å². The number of nitrogens with zero attached hydrogens (tertiary/aromatic N) is 1. The molecule has 0 bridgehead atoms. The molecule has 0 heterocycles. The second-order valence-corrected chi connectivity index (χ2v) is 8.94. The Morgan fingerprint density at radius 1 is 0.800 bits per heavy atom. The second-order valence-electron chi connectivity index (χ2n) is 8.94. The molecule has 7 heteroatoms. The summed E-state index contributed by atoms with van der Waals surface area (Å²) >= 11 is 0. The molecule has 0 aliphatic carbocycles. The maximum absolute atomic E-state index is 12.5. The molecule has 2 aromatic rings. The van der Waals surface area contributed by atoms with Gasteiger partial charge in [0.15, 0.2) is 0 Å². The van der Waals surface area contributed by atoms with Crippen molar-refractivity contribution in [3.63, 3.8) is 0 Å². The van der Waals surface area contributed by atoms with Gasteiger partial charge >= 0.3 is 0 Å². The lowest BCUT2D eigenvalue weighted by molar-refractivity contribution is -0.129. The van der Waals surface area contributed by atoms with E-state index >= 15 is 0 Å². The van der Waals surface area contributed by atoms with Crippen molar-refractivity contribution >= 4 is 23.4 Å². The topological polar surface area (TPSA) is 113 Å². The Morgan fingerprint density at radius 2 is 1.37 bits per heavy atom. The van der Waals surface area contributed by atoms with Crippen LogP contribution in [-0.4, -0.2) is 27.8 Å². The van der Waals surface area contributed by atoms with E-state index in [1.54, 1.807) is 36.4 Å². The molecule has 190 valence electrons. The zero-order valence-corrected chi connectivity index (χ0v) is 20.8. The Bertz CT molecular complexity index is 926. The third kappa shape index (κ3) is 10.7. The van der Waals surface area contributed by atoms with Crippen LogP contribution in [0.5, 0.6) is 5.75 Å². The number of aromatic hydroxyl groups is 1. The van der Waals surface area contributed by atoms with Crippen LogP contribution in [0, 0.1) is 0 Å². The molecule has 0 fully saturated rings. The SMILES string of the molecule is CCCCCCCCCCCC(=O)N(N)C(=O)c1ccc(CCC(=O)Nc2ccc(O)cc2)cc1. The third-order valence-corrected chi connectivity index (χ3v) is 5.97. The van der Waals surface area contributed by atoms with Gasteiger partial charge in [-0.05, 0) is 54.8 Å². The van der Waals surface area contributed by atoms with Gasteiger partial charge in [0, 0.05) is 24.1 Å². The number of aryl methyl sites for hydroxylation is 1. The van der Waals surface area contributed by atoms with Gasteiger partial charge in [-0.2, -0.15) is 0 Å². The van der Waals surface area contributed by atoms with Gasteiger partial charge < -0.3 is 10.4 Å². The molecule has 2 aromatic carbocycles. The fourth-order valence-electron chi connectivity index (χ4n) is 3.80. The molecule has 0 saturated carbocycles. The monoisotopic (exact) mass is 481 g/mol. The van der Waals surface area contributed by atoms with Crippen molar-refractivity contribution in [1.29, 1.82) is 0 Å². The standard InChI is InChI=1S/C28H39N3O4/c1-2-3-4-5-6-7-8-9-10-11-27(34)31(29)28(35)23-15-12-22(13-16-23)14-21-26(33)30-24-17-19-25(32)20-18-24/h12-13,15-20,32H,2-11,14,21,29H2,1H3,(H,30,33). The molecule has 0 aliphatic rings. The number of nitrogens with one attached hydrogen (secondary N) is 1. The van der Waals surface area contributed by atoms with Crippen LogP contribution in [0.3, 0.4) is 0 Å². The van der Waals surface area contributed by atoms with Gasteiger partial charge in [-0.25, -0.2) is 10.9 Å². The van der Waals surface area contributed by atoms with E-state index in [0.717, 1.165) is 24.8 Å². The van der Waals surface area contributed by atoms with Crippen LogP contribution in [0.4, 0.5) is 5.69 Å². The average molecular weight is 482 g/mol. The Labute approximate surface area is 208 Å². The number of unbranched alkanes of at least 4 members (excludes halogenated alkanes) is 8. The highest BCUT2D eigenvalue weighted by Crippen LogP contribution is 2.15. The minimum Gasteiger partial charge on any atom is -0.508 e. The van der Waals surface area contributed by atoms with Crippen LogP contribution < -0.4 is 11.2 Å². The first-order chi connectivity index (χ1) is 16.9. The van der Waals surface area contributed by atoms with Crippen LogP contribution >= 0.6 is 0 Å². The molecule has 4 N–H and O–H groups in total. The van der Waals surface area contributed by atoms with Crippen molar-refractivity contribution in [3.8, 4) is 5.75 Å². The molecule has 0 spiro atoms. The Balaban J connectivity index is 1.68. The summed E-state index contributed by atoms with van der Waals surface area (Å²) in [4.78, 5) is 37.0. The minimum atomic E-state index is -0.525. The summed E-state index contributed by atoms with van der Waals surface area (Å²) < 4.78 is 0. The summed E-state index contributed by atoms with van der Waals surface area (Å²) in [6.45, 7) is 2.21. The van der Waals surface area contributed by atoms with Crippen molar-refractivity contribution in [1.82, 2.24) is 5.01 Å². The number of hydrogen-bond acceptors (Lipinski definition) is 5. The van der Waals surface area contributed by atoms with Gasteiger partial charge in [0.05, 0.1) is 0 Å². The molecule has 2 rings (SSSR count). The van der Waals surface area contributed by atoms with E-state index in [2.05, 4.69) is 12.2 Å². The smallest absolute Gasteiger partial charge is 0.274 e. The normalized spacial score (nSPS) is 10.7. The lowest BCUT2D eigenvalue weighted by Gasteiger charge is -2.15. The van der Waals surface area contributed by atoms with Gasteiger partial charge in [-0.3, -0.25) is 14.4 Å². The van der Waals surface area contributed by atoms with Gasteiger partial charge in [-0.15, -0.1) is 0 Å². The summed E-state index contributed by atoms with van der Waals surface area (Å²) in [5.74, 6) is 4.88. The molecule has 7 nitrogen and oxygen atoms in total. The Kier molecular flexibility index (Phi) is 12.6. The number of hydrogen-bond donors (Lipinski definition) is 3. The number of carbonyl (C=O) groups is 3. The van der Waals surface area contributed by atoms with Crippen molar-refractivity contribution < 1.29 is 19.5 Å². The number of phenols is 1. The third-order valence-electron chi connectivity index (χ3n) is 5.97. The molecule has 0 unspecified atom stereocenters. The van der Waals surface area contributed by atoms with E-state index in [4.69, 9.17) is 5.84 Å². The molecule has 0 saturated heterocycles. The maximum atomic E-state index is 12.5. The van der Waals surface area contributed by atoms with Gasteiger partial charge in [-0.1, -0.05) is 70.4 Å². The minimum absolute atomic E-state index is 0.138. The number of anilines is 1. The molecule has 0 aromatic heterocycles. The van der Waals surface area contributed by atoms with E-state index in [9.17, 15) is 19.5 Å². The highest BCUT2D eigenvalue weighted by Gasteiger charge is 2.19. The second kappa shape index (κ2) is 15.7. The molecular weight excluding hydrogens is 442 g/mol. The number of phenolic OH excluding ortho intramolecular Hbond substituents is 1. The summed E-state index contributed by atoms with van der Waals surface area (Å²) in [7, 11) is 0. The fraction of sp³-hybridized carbons (Fsp3) is 0.464. The maximum Gasteiger partial charge on any atom is 0.274 e. The number of amides is 3. The molecule has 3 amide bonds. The van der Waals surface area contributed by atoms with Gasteiger partial charge in [0.1, 0.15) is 5.75 Å². The number of carbonyl (C=O) groups excluding carboxylic acids is 3. The van der Waals surface area contributed by atoms with E-state index < -0.39 is 5.91 Å². The molecule has 0 radical (unpaired) electrons. The number of hydrazine groups is 1. The average Bonchev–Trinajstić information content (AvgIpc) is 2.87. The summed E-state index contributed by atoms with van der Waals surface area (Å²) in [6, 6.07) is 13.1. The zero-order valence-electron chi connectivity index (χ0n) is 20.8. The molecule has 0 atom stereocenters. The summed E-state index contributed by atoms with van der Waals surface area (Å²) in [6.07, 6.45) is 11.4. The summed E-state index contributed by atoms with van der Waals surface area (Å²) in [5, 5.41) is 12.8. The predicted octanol–water partition coefficient (Wildman–Crippen LogP) is 5.73. The van der Waals surface area contributed by atoms with Gasteiger partial charge in [0.25, 0.3) is 5.91 Å². The van der Waals surface area contributed by atoms with E-state index in [1.807, 2.05) is 0 Å². The summed E-state index contributed by atoms with van der Waals surface area (Å²) in [5.41, 5.74) is 1.85. The van der Waals surface area contributed by atoms with Crippen LogP contribution in [0.15, 0.2) is 48.5 Å². The van der Waals surface area contributed by atoms with Crippen molar-refractivity contribution in [2.45, 2.75) is 84.0 Å². The lowest BCUT2D eigenvalue weighted by Crippen LogP contribution is -2.42. The predicted molar refractivity (Wildman–Crippen MR) is 139 cm³/mol. The molecular formula is C28H39N3O4. The molecule has 0 aliphatic heterocycles. The van der Waals surface area contributed by atoms with Crippen LogP contribution in [0.25, 0.3) is 0 Å². The Hall–Kier alpha value is -3.19. The number of benzene rings is 2. The van der Waals surface area contributed by atoms with E-state index in [0.29, 0.717) is 22.7 Å². The fourth-order valence-corrected chi connectivity index (χ4v) is 3.80. The van der Waals surface area contributed by atoms with Gasteiger partial charge in [0.2, 0.25) is 11.8 Å². The van der Waals surface area contributed by atoms with Crippen LogP contribution in [0.2, 0.25) is 0 Å². The zero-order chi connectivity index (χ0) is 25.5. The first-order valence-electron chi connectivity index (χ1n) is 12.7. The largest absolute Gasteiger partial charge is 0.508 e. The van der Waals surface area contributed by atoms with Crippen LogP contribution in [-0.2, 0) is 16.0 Å². The number of imide groups is 1. The van der Waals surface area contributed by atoms with Crippen molar-refractivity contribution in [2.75, 3.05) is 5.32 Å². The van der Waals surface area contributed by atoms with Crippen molar-refractivity contribution in [2.24, 2.45) is 5.84 Å². The van der Waals surface area contributed by atoms with Crippen molar-refractivity contribution in [3.05, 3.63) is 59.7 Å².